The number of carbonyl (C=O) groups excluding carboxylic acids is 1. The third kappa shape index (κ3) is 7.68. The van der Waals surface area contributed by atoms with Crippen molar-refractivity contribution in [1.82, 2.24) is 4.98 Å². The lowest BCUT2D eigenvalue weighted by Crippen LogP contribution is -1.91. The molecule has 102 valence electrons. The number of hydrogen-bond acceptors (Lipinski definition) is 3. The van der Waals surface area contributed by atoms with Crippen molar-refractivity contribution >= 4 is 12.1 Å². The summed E-state index contributed by atoms with van der Waals surface area (Å²) in [6, 6.07) is 13.2. The van der Waals surface area contributed by atoms with E-state index < -0.39 is 0 Å². The van der Waals surface area contributed by atoms with Gasteiger partial charge in [0.2, 0.25) is 6.41 Å². The SMILES string of the molecule is C.COCc1cccnc1.O=CNc1ccccc1. The molecule has 19 heavy (non-hydrogen) atoms. The number of nitrogens with zero attached hydrogens (tertiary/aromatic N) is 1. The van der Waals surface area contributed by atoms with Gasteiger partial charge in [0.15, 0.2) is 0 Å². The number of amides is 1. The maximum absolute atomic E-state index is 9.86. The molecule has 1 amide bonds. The Hall–Kier alpha value is -2.20. The van der Waals surface area contributed by atoms with Crippen molar-refractivity contribution in [2.24, 2.45) is 0 Å². The van der Waals surface area contributed by atoms with E-state index in [0.717, 1.165) is 11.3 Å². The molecule has 1 heterocycles. The molecule has 0 fully saturated rings. The van der Waals surface area contributed by atoms with Crippen LogP contribution in [0.4, 0.5) is 5.69 Å². The average molecular weight is 260 g/mol. The van der Waals surface area contributed by atoms with E-state index in [9.17, 15) is 4.79 Å². The zero-order valence-electron chi connectivity index (χ0n) is 10.2. The number of nitrogens with one attached hydrogen (secondary N) is 1. The van der Waals surface area contributed by atoms with Crippen LogP contribution in [0.1, 0.15) is 13.0 Å². The van der Waals surface area contributed by atoms with E-state index in [1.165, 1.54) is 0 Å². The summed E-state index contributed by atoms with van der Waals surface area (Å²) < 4.78 is 4.89. The quantitative estimate of drug-likeness (QED) is 0.859. The molecule has 2 aromatic rings. The van der Waals surface area contributed by atoms with Gasteiger partial charge in [-0.3, -0.25) is 9.78 Å². The normalized spacial score (nSPS) is 8.47. The fraction of sp³-hybridized carbons (Fsp3) is 0.200. The minimum absolute atomic E-state index is 0. The first-order valence-electron chi connectivity index (χ1n) is 5.50. The van der Waals surface area contributed by atoms with Gasteiger partial charge in [0.25, 0.3) is 0 Å². The van der Waals surface area contributed by atoms with E-state index in [1.54, 1.807) is 19.5 Å². The third-order valence-electron chi connectivity index (χ3n) is 2.03. The van der Waals surface area contributed by atoms with Gasteiger partial charge in [-0.05, 0) is 23.8 Å². The smallest absolute Gasteiger partial charge is 0.211 e. The van der Waals surface area contributed by atoms with Crippen LogP contribution in [-0.2, 0) is 16.1 Å². The minimum atomic E-state index is 0. The molecular weight excluding hydrogens is 240 g/mol. The Balaban J connectivity index is 0.000000324. The third-order valence-corrected chi connectivity index (χ3v) is 2.03. The number of para-hydroxylation sites is 1. The van der Waals surface area contributed by atoms with Gasteiger partial charge in [0.1, 0.15) is 0 Å². The molecule has 0 spiro atoms. The summed E-state index contributed by atoms with van der Waals surface area (Å²) in [6.07, 6.45) is 4.21. The van der Waals surface area contributed by atoms with Gasteiger partial charge < -0.3 is 10.1 Å². The molecule has 4 heteroatoms. The molecule has 0 atom stereocenters. The van der Waals surface area contributed by atoms with Crippen LogP contribution in [0.3, 0.4) is 0 Å². The fourth-order valence-electron chi connectivity index (χ4n) is 1.25. The van der Waals surface area contributed by atoms with Gasteiger partial charge >= 0.3 is 0 Å². The van der Waals surface area contributed by atoms with E-state index in [1.807, 2.05) is 42.5 Å². The van der Waals surface area contributed by atoms with Crippen molar-refractivity contribution in [1.29, 1.82) is 0 Å². The number of pyridine rings is 1. The molecule has 0 bridgehead atoms. The van der Waals surface area contributed by atoms with Gasteiger partial charge in [-0.1, -0.05) is 31.7 Å². The van der Waals surface area contributed by atoms with Crippen molar-refractivity contribution in [2.45, 2.75) is 14.0 Å². The Kier molecular flexibility index (Phi) is 9.66. The Morgan fingerprint density at radius 2 is 1.95 bits per heavy atom. The number of benzene rings is 1. The number of hydrogen-bond donors (Lipinski definition) is 1. The summed E-state index contributed by atoms with van der Waals surface area (Å²) >= 11 is 0. The molecule has 0 saturated heterocycles. The van der Waals surface area contributed by atoms with E-state index >= 15 is 0 Å². The van der Waals surface area contributed by atoms with Crippen molar-refractivity contribution in [2.75, 3.05) is 12.4 Å². The van der Waals surface area contributed by atoms with Crippen LogP contribution in [-0.4, -0.2) is 18.5 Å². The molecule has 0 radical (unpaired) electrons. The molecule has 0 unspecified atom stereocenters. The zero-order chi connectivity index (χ0) is 13.1. The van der Waals surface area contributed by atoms with Crippen LogP contribution in [0.25, 0.3) is 0 Å². The van der Waals surface area contributed by atoms with E-state index in [-0.39, 0.29) is 7.43 Å². The fourth-order valence-corrected chi connectivity index (χ4v) is 1.25. The number of anilines is 1. The van der Waals surface area contributed by atoms with E-state index in [0.29, 0.717) is 13.0 Å². The predicted molar refractivity (Wildman–Crippen MR) is 77.8 cm³/mol. The molecule has 1 N–H and O–H groups in total. The number of methoxy groups -OCH3 is 1. The largest absolute Gasteiger partial charge is 0.380 e. The zero-order valence-corrected chi connectivity index (χ0v) is 10.2. The van der Waals surface area contributed by atoms with Crippen LogP contribution in [0.2, 0.25) is 0 Å². The predicted octanol–water partition coefficient (Wildman–Crippen LogP) is 3.12. The maximum atomic E-state index is 9.86. The van der Waals surface area contributed by atoms with Gasteiger partial charge in [-0.2, -0.15) is 0 Å². The van der Waals surface area contributed by atoms with Crippen LogP contribution in [0, 0.1) is 0 Å². The molecule has 0 aliphatic heterocycles. The van der Waals surface area contributed by atoms with Crippen molar-refractivity contribution in [3.8, 4) is 0 Å². The highest BCUT2D eigenvalue weighted by Crippen LogP contribution is 2.01. The summed E-state index contributed by atoms with van der Waals surface area (Å²) in [4.78, 5) is 13.8. The Morgan fingerprint density at radius 3 is 2.47 bits per heavy atom. The molecule has 0 saturated carbocycles. The highest BCUT2D eigenvalue weighted by molar-refractivity contribution is 5.70. The highest BCUT2D eigenvalue weighted by atomic mass is 16.5. The molecule has 2 rings (SSSR count). The second-order valence-corrected chi connectivity index (χ2v) is 3.42. The second-order valence-electron chi connectivity index (χ2n) is 3.42. The van der Waals surface area contributed by atoms with E-state index in [4.69, 9.17) is 4.74 Å². The molecule has 0 aliphatic carbocycles. The molecule has 1 aromatic heterocycles. The summed E-state index contributed by atoms with van der Waals surface area (Å²) in [5.41, 5.74) is 1.94. The first-order valence-corrected chi connectivity index (χ1v) is 5.50. The van der Waals surface area contributed by atoms with Gasteiger partial charge in [-0.25, -0.2) is 0 Å². The van der Waals surface area contributed by atoms with Gasteiger partial charge in [0, 0.05) is 25.2 Å². The first-order chi connectivity index (χ1) is 8.86. The molecule has 1 aromatic carbocycles. The monoisotopic (exact) mass is 260 g/mol. The molecule has 4 nitrogen and oxygen atoms in total. The van der Waals surface area contributed by atoms with Crippen LogP contribution in [0.5, 0.6) is 0 Å². The van der Waals surface area contributed by atoms with Gasteiger partial charge in [0.05, 0.1) is 6.61 Å². The van der Waals surface area contributed by atoms with Crippen molar-refractivity contribution < 1.29 is 9.53 Å². The standard InChI is InChI=1S/C7H9NO.C7H7NO.CH4/c1-9-6-7-3-2-4-8-5-7;9-6-8-7-4-2-1-3-5-7;/h2-5H,6H2,1H3;1-6H,(H,8,9);1H4. The van der Waals surface area contributed by atoms with Crippen LogP contribution >= 0.6 is 0 Å². The number of carbonyl (C=O) groups is 1. The van der Waals surface area contributed by atoms with E-state index in [2.05, 4.69) is 10.3 Å². The summed E-state index contributed by atoms with van der Waals surface area (Å²) in [7, 11) is 1.67. The average Bonchev–Trinajstić information content (AvgIpc) is 2.43. The second kappa shape index (κ2) is 10.9. The topological polar surface area (TPSA) is 51.2 Å². The number of aromatic nitrogens is 1. The first kappa shape index (κ1) is 16.8. The van der Waals surface area contributed by atoms with Crippen molar-refractivity contribution in [3.63, 3.8) is 0 Å². The van der Waals surface area contributed by atoms with Crippen LogP contribution in [0.15, 0.2) is 54.9 Å². The summed E-state index contributed by atoms with van der Waals surface area (Å²) in [5.74, 6) is 0. The Labute approximate surface area is 114 Å². The van der Waals surface area contributed by atoms with Crippen molar-refractivity contribution in [3.05, 3.63) is 60.4 Å². The lowest BCUT2D eigenvalue weighted by molar-refractivity contribution is -0.105. The highest BCUT2D eigenvalue weighted by Gasteiger charge is 1.85. The maximum Gasteiger partial charge on any atom is 0.211 e. The molecule has 0 aliphatic rings. The number of ether oxygens (including phenoxy) is 1. The summed E-state index contributed by atoms with van der Waals surface area (Å²) in [5, 5.41) is 2.53. The lowest BCUT2D eigenvalue weighted by atomic mass is 10.3. The number of rotatable bonds is 4. The summed E-state index contributed by atoms with van der Waals surface area (Å²) in [6.45, 7) is 0.647. The lowest BCUT2D eigenvalue weighted by Gasteiger charge is -1.94. The Morgan fingerprint density at radius 1 is 1.21 bits per heavy atom. The minimum Gasteiger partial charge on any atom is -0.380 e. The Bertz CT molecular complexity index is 432. The van der Waals surface area contributed by atoms with Gasteiger partial charge in [-0.15, -0.1) is 0 Å². The molecular formula is C15H20N2O2. The van der Waals surface area contributed by atoms with Crippen LogP contribution < -0.4 is 5.32 Å².